The fourth-order valence-corrected chi connectivity index (χ4v) is 2.51. The van der Waals surface area contributed by atoms with Gasteiger partial charge in [-0.2, -0.15) is 10.1 Å². The molecule has 106 valence electrons. The van der Waals surface area contributed by atoms with Crippen LogP contribution >= 0.6 is 0 Å². The summed E-state index contributed by atoms with van der Waals surface area (Å²) in [4.78, 5) is 12.0. The van der Waals surface area contributed by atoms with Gasteiger partial charge in [0.1, 0.15) is 0 Å². The van der Waals surface area contributed by atoms with Gasteiger partial charge in [0.2, 0.25) is 0 Å². The van der Waals surface area contributed by atoms with Crippen LogP contribution in [0.3, 0.4) is 0 Å². The summed E-state index contributed by atoms with van der Waals surface area (Å²) >= 11 is 0. The quantitative estimate of drug-likeness (QED) is 0.843. The van der Waals surface area contributed by atoms with E-state index in [1.54, 1.807) is 0 Å². The molecular formula is C17H16N2O2. The van der Waals surface area contributed by atoms with E-state index in [-0.39, 0.29) is 6.04 Å². The van der Waals surface area contributed by atoms with Crippen LogP contribution in [0, 0.1) is 0 Å². The molecule has 1 aliphatic rings. The molecule has 1 unspecified atom stereocenters. The standard InChI is InChI=1S/C17H16N2O2/c1-21-17(20)19-16(14-10-6-3-7-11-14)12-15(18-19)13-8-4-2-5-9-13/h2-11,16H,12H2,1H3. The fraction of sp³-hybridized carbons (Fsp3) is 0.176. The van der Waals surface area contributed by atoms with Crippen LogP contribution in [0.1, 0.15) is 23.6 Å². The van der Waals surface area contributed by atoms with E-state index in [9.17, 15) is 4.79 Å². The number of hydrazone groups is 1. The van der Waals surface area contributed by atoms with E-state index in [1.165, 1.54) is 12.1 Å². The van der Waals surface area contributed by atoms with Crippen LogP contribution in [-0.2, 0) is 4.74 Å². The van der Waals surface area contributed by atoms with E-state index >= 15 is 0 Å². The Balaban J connectivity index is 1.95. The third kappa shape index (κ3) is 2.65. The molecule has 0 N–H and O–H groups in total. The molecule has 0 spiro atoms. The zero-order chi connectivity index (χ0) is 14.7. The van der Waals surface area contributed by atoms with Crippen molar-refractivity contribution < 1.29 is 9.53 Å². The molecule has 0 saturated heterocycles. The summed E-state index contributed by atoms with van der Waals surface area (Å²) < 4.78 is 4.85. The monoisotopic (exact) mass is 280 g/mol. The molecule has 3 rings (SSSR count). The maximum absolute atomic E-state index is 12.0. The van der Waals surface area contributed by atoms with Gasteiger partial charge >= 0.3 is 6.09 Å². The summed E-state index contributed by atoms with van der Waals surface area (Å²) in [6.45, 7) is 0. The lowest BCUT2D eigenvalue weighted by Gasteiger charge is -2.20. The predicted octanol–water partition coefficient (Wildman–Crippen LogP) is 3.60. The average molecular weight is 280 g/mol. The number of ether oxygens (including phenoxy) is 1. The number of carbonyl (C=O) groups is 1. The summed E-state index contributed by atoms with van der Waals surface area (Å²) in [6, 6.07) is 19.7. The molecule has 1 atom stereocenters. The number of methoxy groups -OCH3 is 1. The predicted molar refractivity (Wildman–Crippen MR) is 81.0 cm³/mol. The summed E-state index contributed by atoms with van der Waals surface area (Å²) in [7, 11) is 1.38. The maximum Gasteiger partial charge on any atom is 0.430 e. The highest BCUT2D eigenvalue weighted by molar-refractivity contribution is 6.02. The van der Waals surface area contributed by atoms with Crippen LogP contribution in [0.4, 0.5) is 4.79 Å². The smallest absolute Gasteiger partial charge is 0.430 e. The van der Waals surface area contributed by atoms with Crippen molar-refractivity contribution in [3.05, 3.63) is 71.8 Å². The molecule has 4 heteroatoms. The van der Waals surface area contributed by atoms with Gasteiger partial charge in [-0.1, -0.05) is 60.7 Å². The minimum atomic E-state index is -0.435. The van der Waals surface area contributed by atoms with Gasteiger partial charge in [-0.25, -0.2) is 4.79 Å². The van der Waals surface area contributed by atoms with Crippen LogP contribution in [0.25, 0.3) is 0 Å². The lowest BCUT2D eigenvalue weighted by Crippen LogP contribution is -2.26. The minimum Gasteiger partial charge on any atom is -0.451 e. The molecular weight excluding hydrogens is 264 g/mol. The molecule has 0 saturated carbocycles. The van der Waals surface area contributed by atoms with E-state index in [2.05, 4.69) is 5.10 Å². The molecule has 0 fully saturated rings. The summed E-state index contributed by atoms with van der Waals surface area (Å²) in [5.74, 6) is 0. The zero-order valence-electron chi connectivity index (χ0n) is 11.8. The molecule has 2 aromatic carbocycles. The number of amides is 1. The molecule has 21 heavy (non-hydrogen) atoms. The minimum absolute atomic E-state index is 0.117. The number of carbonyl (C=O) groups excluding carboxylic acids is 1. The summed E-state index contributed by atoms with van der Waals surface area (Å²) in [5.41, 5.74) is 2.98. The normalized spacial score (nSPS) is 17.5. The van der Waals surface area contributed by atoms with Crippen LogP contribution in [0.2, 0.25) is 0 Å². The molecule has 0 aliphatic carbocycles. The SMILES string of the molecule is COC(=O)N1N=C(c2ccccc2)CC1c1ccccc1. The Bertz CT molecular complexity index is 653. The second-order valence-corrected chi connectivity index (χ2v) is 4.86. The first kappa shape index (κ1) is 13.4. The van der Waals surface area contributed by atoms with E-state index in [0.717, 1.165) is 16.8 Å². The van der Waals surface area contributed by atoms with Gasteiger partial charge in [0.05, 0.1) is 18.9 Å². The first-order valence-corrected chi connectivity index (χ1v) is 6.84. The average Bonchev–Trinajstić information content (AvgIpc) is 3.01. The van der Waals surface area contributed by atoms with E-state index in [4.69, 9.17) is 4.74 Å². The number of rotatable bonds is 2. The highest BCUT2D eigenvalue weighted by Crippen LogP contribution is 2.32. The van der Waals surface area contributed by atoms with Crippen molar-refractivity contribution >= 4 is 11.8 Å². The van der Waals surface area contributed by atoms with Gasteiger partial charge in [-0.15, -0.1) is 0 Å². The van der Waals surface area contributed by atoms with Crippen molar-refractivity contribution in [3.63, 3.8) is 0 Å². The third-order valence-electron chi connectivity index (χ3n) is 3.56. The Morgan fingerprint density at radius 1 is 1.10 bits per heavy atom. The maximum atomic E-state index is 12.0. The van der Waals surface area contributed by atoms with Crippen LogP contribution < -0.4 is 0 Å². The Morgan fingerprint density at radius 2 is 1.71 bits per heavy atom. The summed E-state index contributed by atoms with van der Waals surface area (Å²) in [6.07, 6.45) is 0.248. The molecule has 0 aromatic heterocycles. The van der Waals surface area contributed by atoms with Gasteiger partial charge in [0.25, 0.3) is 0 Å². The molecule has 4 nitrogen and oxygen atoms in total. The number of nitrogens with zero attached hydrogens (tertiary/aromatic N) is 2. The van der Waals surface area contributed by atoms with Gasteiger partial charge in [0.15, 0.2) is 0 Å². The molecule has 0 radical (unpaired) electrons. The molecule has 0 bridgehead atoms. The second-order valence-electron chi connectivity index (χ2n) is 4.86. The van der Waals surface area contributed by atoms with E-state index in [1.807, 2.05) is 60.7 Å². The Labute approximate surface area is 123 Å². The third-order valence-corrected chi connectivity index (χ3v) is 3.56. The summed E-state index contributed by atoms with van der Waals surface area (Å²) in [5, 5.41) is 5.89. The molecule has 1 amide bonds. The first-order valence-electron chi connectivity index (χ1n) is 6.84. The van der Waals surface area contributed by atoms with Gasteiger partial charge in [0, 0.05) is 6.42 Å². The number of hydrogen-bond acceptors (Lipinski definition) is 3. The van der Waals surface area contributed by atoms with Crippen molar-refractivity contribution in [2.24, 2.45) is 5.10 Å². The topological polar surface area (TPSA) is 41.9 Å². The van der Waals surface area contributed by atoms with Crippen LogP contribution in [-0.4, -0.2) is 23.9 Å². The first-order chi connectivity index (χ1) is 10.3. The largest absolute Gasteiger partial charge is 0.451 e. The number of benzene rings is 2. The van der Waals surface area contributed by atoms with Crippen molar-refractivity contribution in [2.45, 2.75) is 12.5 Å². The van der Waals surface area contributed by atoms with E-state index in [0.29, 0.717) is 6.42 Å². The fourth-order valence-electron chi connectivity index (χ4n) is 2.51. The lowest BCUT2D eigenvalue weighted by molar-refractivity contribution is 0.113. The van der Waals surface area contributed by atoms with Crippen molar-refractivity contribution in [3.8, 4) is 0 Å². The van der Waals surface area contributed by atoms with Gasteiger partial charge < -0.3 is 4.74 Å². The highest BCUT2D eigenvalue weighted by Gasteiger charge is 2.33. The zero-order valence-corrected chi connectivity index (χ0v) is 11.8. The molecule has 1 aliphatic heterocycles. The second kappa shape index (κ2) is 5.79. The number of hydrogen-bond donors (Lipinski definition) is 0. The van der Waals surface area contributed by atoms with E-state index < -0.39 is 6.09 Å². The van der Waals surface area contributed by atoms with Crippen molar-refractivity contribution in [2.75, 3.05) is 7.11 Å². The van der Waals surface area contributed by atoms with Crippen LogP contribution in [0.15, 0.2) is 65.8 Å². The highest BCUT2D eigenvalue weighted by atomic mass is 16.5. The van der Waals surface area contributed by atoms with Gasteiger partial charge in [-0.3, -0.25) is 0 Å². The lowest BCUT2D eigenvalue weighted by atomic mass is 9.99. The Kier molecular flexibility index (Phi) is 3.69. The van der Waals surface area contributed by atoms with Gasteiger partial charge in [-0.05, 0) is 11.1 Å². The molecule has 1 heterocycles. The van der Waals surface area contributed by atoms with Crippen molar-refractivity contribution in [1.82, 2.24) is 5.01 Å². The van der Waals surface area contributed by atoms with Crippen LogP contribution in [0.5, 0.6) is 0 Å². The molecule has 2 aromatic rings. The van der Waals surface area contributed by atoms with Crippen molar-refractivity contribution in [1.29, 1.82) is 0 Å². The Morgan fingerprint density at radius 3 is 2.33 bits per heavy atom. The Hall–Kier alpha value is -2.62.